The third-order valence-electron chi connectivity index (χ3n) is 1.65. The van der Waals surface area contributed by atoms with Crippen molar-refractivity contribution >= 4 is 11.9 Å². The van der Waals surface area contributed by atoms with E-state index in [0.29, 0.717) is 5.82 Å². The Morgan fingerprint density at radius 3 is 2.67 bits per heavy atom. The van der Waals surface area contributed by atoms with E-state index in [2.05, 4.69) is 20.5 Å². The number of carboxylic acids is 1. The molecule has 0 atom stereocenters. The van der Waals surface area contributed by atoms with Crippen LogP contribution in [0.2, 0.25) is 0 Å². The highest BCUT2D eigenvalue weighted by Gasteiger charge is 2.14. The normalized spacial score (nSPS) is 10.3. The molecule has 1 aromatic heterocycles. The number of carboxylic acid groups (broad SMARTS) is 1. The number of carbonyl (C=O) groups is 2. The van der Waals surface area contributed by atoms with E-state index in [1.165, 1.54) is 0 Å². The number of aromatic nitrogens is 3. The molecule has 0 saturated carbocycles. The average molecular weight is 212 g/mol. The number of H-pyrrole nitrogens is 1. The molecule has 3 N–H and O–H groups in total. The van der Waals surface area contributed by atoms with Gasteiger partial charge in [-0.15, -0.1) is 5.10 Å². The van der Waals surface area contributed by atoms with Gasteiger partial charge in [0.05, 0.1) is 0 Å². The minimum Gasteiger partial charge on any atom is -0.480 e. The summed E-state index contributed by atoms with van der Waals surface area (Å²) >= 11 is 0. The molecule has 1 amide bonds. The van der Waals surface area contributed by atoms with Gasteiger partial charge in [0.15, 0.2) is 0 Å². The minimum absolute atomic E-state index is 0.0417. The summed E-state index contributed by atoms with van der Waals surface area (Å²) in [7, 11) is 0. The highest BCUT2D eigenvalue weighted by molar-refractivity contribution is 5.92. The van der Waals surface area contributed by atoms with E-state index in [9.17, 15) is 9.59 Å². The van der Waals surface area contributed by atoms with Gasteiger partial charge in [-0.25, -0.2) is 4.98 Å². The van der Waals surface area contributed by atoms with E-state index in [4.69, 9.17) is 5.11 Å². The lowest BCUT2D eigenvalue weighted by molar-refractivity contribution is -0.135. The summed E-state index contributed by atoms with van der Waals surface area (Å²) in [6.07, 6.45) is 0. The zero-order chi connectivity index (χ0) is 11.4. The summed E-state index contributed by atoms with van der Waals surface area (Å²) in [5.41, 5.74) is 0. The van der Waals surface area contributed by atoms with E-state index in [1.54, 1.807) is 0 Å². The van der Waals surface area contributed by atoms with Crippen LogP contribution in [0, 0.1) is 0 Å². The number of hydrogen-bond acceptors (Lipinski definition) is 4. The average Bonchev–Trinajstić information content (AvgIpc) is 2.62. The minimum atomic E-state index is -1.11. The highest BCUT2D eigenvalue weighted by Crippen LogP contribution is 2.07. The molecular formula is C8H12N4O3. The summed E-state index contributed by atoms with van der Waals surface area (Å²) in [5.74, 6) is -1.02. The molecule has 0 aliphatic heterocycles. The molecule has 0 saturated heterocycles. The number of hydrogen-bond donors (Lipinski definition) is 3. The van der Waals surface area contributed by atoms with Crippen LogP contribution in [0.4, 0.5) is 0 Å². The summed E-state index contributed by atoms with van der Waals surface area (Å²) in [6.45, 7) is 3.36. The number of rotatable bonds is 4. The van der Waals surface area contributed by atoms with Crippen LogP contribution in [-0.2, 0) is 4.79 Å². The Balaban J connectivity index is 2.62. The predicted molar refractivity (Wildman–Crippen MR) is 50.4 cm³/mol. The molecule has 0 aliphatic carbocycles. The fourth-order valence-corrected chi connectivity index (χ4v) is 0.869. The molecule has 82 valence electrons. The van der Waals surface area contributed by atoms with Crippen LogP contribution in [-0.4, -0.2) is 38.7 Å². The van der Waals surface area contributed by atoms with Crippen molar-refractivity contribution in [1.29, 1.82) is 0 Å². The quantitative estimate of drug-likeness (QED) is 0.637. The summed E-state index contributed by atoms with van der Waals surface area (Å²) < 4.78 is 0. The van der Waals surface area contributed by atoms with Crippen molar-refractivity contribution in [2.75, 3.05) is 6.54 Å². The van der Waals surface area contributed by atoms with E-state index in [1.807, 2.05) is 13.8 Å². The molecule has 0 aliphatic rings. The van der Waals surface area contributed by atoms with Gasteiger partial charge in [0, 0.05) is 5.92 Å². The first-order valence-corrected chi connectivity index (χ1v) is 4.43. The second-order valence-electron chi connectivity index (χ2n) is 3.28. The molecule has 0 aromatic carbocycles. The Morgan fingerprint density at radius 2 is 2.20 bits per heavy atom. The lowest BCUT2D eigenvalue weighted by atomic mass is 10.2. The second-order valence-corrected chi connectivity index (χ2v) is 3.28. The van der Waals surface area contributed by atoms with E-state index < -0.39 is 18.4 Å². The van der Waals surface area contributed by atoms with Gasteiger partial charge in [0.1, 0.15) is 12.4 Å². The maximum Gasteiger partial charge on any atom is 0.322 e. The number of nitrogens with one attached hydrogen (secondary N) is 2. The topological polar surface area (TPSA) is 108 Å². The van der Waals surface area contributed by atoms with Gasteiger partial charge in [-0.05, 0) is 0 Å². The van der Waals surface area contributed by atoms with Crippen molar-refractivity contribution in [1.82, 2.24) is 20.5 Å². The molecule has 1 aromatic rings. The zero-order valence-electron chi connectivity index (χ0n) is 8.44. The monoisotopic (exact) mass is 212 g/mol. The molecule has 0 radical (unpaired) electrons. The maximum absolute atomic E-state index is 11.3. The third-order valence-corrected chi connectivity index (χ3v) is 1.65. The van der Waals surface area contributed by atoms with Crippen LogP contribution in [0.5, 0.6) is 0 Å². The molecule has 0 unspecified atom stereocenters. The van der Waals surface area contributed by atoms with E-state index in [0.717, 1.165) is 0 Å². The molecule has 1 heterocycles. The van der Waals surface area contributed by atoms with Crippen LogP contribution >= 0.6 is 0 Å². The highest BCUT2D eigenvalue weighted by atomic mass is 16.4. The molecule has 0 bridgehead atoms. The van der Waals surface area contributed by atoms with Crippen LogP contribution < -0.4 is 5.32 Å². The van der Waals surface area contributed by atoms with Crippen molar-refractivity contribution in [3.05, 3.63) is 11.6 Å². The first-order chi connectivity index (χ1) is 7.00. The van der Waals surface area contributed by atoms with Crippen LogP contribution in [0.15, 0.2) is 0 Å². The van der Waals surface area contributed by atoms with E-state index in [-0.39, 0.29) is 11.7 Å². The molecule has 7 heteroatoms. The third kappa shape index (κ3) is 3.04. The molecule has 7 nitrogen and oxygen atoms in total. The zero-order valence-corrected chi connectivity index (χ0v) is 8.44. The van der Waals surface area contributed by atoms with Crippen molar-refractivity contribution in [3.8, 4) is 0 Å². The number of carbonyl (C=O) groups excluding carboxylic acids is 1. The summed E-state index contributed by atoms with van der Waals surface area (Å²) in [6, 6.07) is 0. The fraction of sp³-hybridized carbons (Fsp3) is 0.500. The lowest BCUT2D eigenvalue weighted by Gasteiger charge is -1.97. The van der Waals surface area contributed by atoms with Gasteiger partial charge in [0.25, 0.3) is 5.91 Å². The first-order valence-electron chi connectivity index (χ1n) is 4.43. The predicted octanol–water partition coefficient (Wildman–Crippen LogP) is -0.258. The van der Waals surface area contributed by atoms with Crippen LogP contribution in [0.1, 0.15) is 36.2 Å². The fourth-order valence-electron chi connectivity index (χ4n) is 0.869. The van der Waals surface area contributed by atoms with Crippen molar-refractivity contribution in [2.45, 2.75) is 19.8 Å². The van der Waals surface area contributed by atoms with Crippen molar-refractivity contribution < 1.29 is 14.7 Å². The van der Waals surface area contributed by atoms with Crippen molar-refractivity contribution in [2.24, 2.45) is 0 Å². The largest absolute Gasteiger partial charge is 0.480 e. The first kappa shape index (κ1) is 11.2. The van der Waals surface area contributed by atoms with Gasteiger partial charge < -0.3 is 10.4 Å². The number of amides is 1. The van der Waals surface area contributed by atoms with Gasteiger partial charge in [0.2, 0.25) is 5.82 Å². The number of aliphatic carboxylic acids is 1. The Hall–Kier alpha value is -1.92. The van der Waals surface area contributed by atoms with Crippen LogP contribution in [0.25, 0.3) is 0 Å². The van der Waals surface area contributed by atoms with Gasteiger partial charge >= 0.3 is 5.97 Å². The SMILES string of the molecule is CC(C)c1nc(C(=O)NCC(=O)O)n[nH]1. The van der Waals surface area contributed by atoms with Gasteiger partial charge in [-0.3, -0.25) is 14.7 Å². The van der Waals surface area contributed by atoms with Gasteiger partial charge in [-0.1, -0.05) is 13.8 Å². The molecular weight excluding hydrogens is 200 g/mol. The van der Waals surface area contributed by atoms with Crippen LogP contribution in [0.3, 0.4) is 0 Å². The van der Waals surface area contributed by atoms with Crippen molar-refractivity contribution in [3.63, 3.8) is 0 Å². The Labute approximate surface area is 85.9 Å². The molecule has 0 fully saturated rings. The summed E-state index contributed by atoms with van der Waals surface area (Å²) in [4.78, 5) is 25.4. The number of nitrogens with zero attached hydrogens (tertiary/aromatic N) is 2. The standard InChI is InChI=1S/C8H12N4O3/c1-4(2)6-10-7(12-11-6)8(15)9-3-5(13)14/h4H,3H2,1-2H3,(H,9,15)(H,13,14)(H,10,11,12). The lowest BCUT2D eigenvalue weighted by Crippen LogP contribution is -2.30. The van der Waals surface area contributed by atoms with Gasteiger partial charge in [-0.2, -0.15) is 0 Å². The molecule has 0 spiro atoms. The van der Waals surface area contributed by atoms with E-state index >= 15 is 0 Å². The molecule has 1 rings (SSSR count). The molecule has 15 heavy (non-hydrogen) atoms. The summed E-state index contributed by atoms with van der Waals surface area (Å²) in [5, 5.41) is 16.8. The number of aromatic amines is 1. The smallest absolute Gasteiger partial charge is 0.322 e. The Bertz CT molecular complexity index is 372. The Morgan fingerprint density at radius 1 is 1.53 bits per heavy atom. The Kier molecular flexibility index (Phi) is 3.37. The second kappa shape index (κ2) is 4.54. The maximum atomic E-state index is 11.3.